The Morgan fingerprint density at radius 1 is 1.14 bits per heavy atom. The van der Waals surface area contributed by atoms with Crippen LogP contribution >= 0.6 is 0 Å². The summed E-state index contributed by atoms with van der Waals surface area (Å²) in [4.78, 5) is 13.4. The number of carbonyl (C=O) groups is 1. The van der Waals surface area contributed by atoms with Gasteiger partial charge in [-0.05, 0) is 50.1 Å². The monoisotopic (exact) mass is 420 g/mol. The molecule has 8 heteroatoms. The highest BCUT2D eigenvalue weighted by molar-refractivity contribution is 7.89. The molecule has 1 aliphatic rings. The van der Waals surface area contributed by atoms with Crippen LogP contribution in [-0.2, 0) is 14.8 Å². The predicted molar refractivity (Wildman–Crippen MR) is 110 cm³/mol. The van der Waals surface area contributed by atoms with E-state index in [1.807, 2.05) is 39.0 Å². The van der Waals surface area contributed by atoms with Crippen LogP contribution in [0.2, 0.25) is 0 Å². The summed E-state index contributed by atoms with van der Waals surface area (Å²) in [6, 6.07) is 11.0. The molecule has 0 bridgehead atoms. The molecule has 2 N–H and O–H groups in total. The standard InChI is InChI=1S/C21H26FN3O3S/c1-15-8-9-16(2)19(14-15)23-21(26)17(3)24-10-12-25(13-11-24)29(27,28)20-7-5-4-6-18(20)22/h4-9,14,17H,10-13H2,1-3H3,(H,23,26)/p+1/t17-/m0/s1. The number of nitrogens with zero attached hydrogens (tertiary/aromatic N) is 1. The number of benzene rings is 2. The molecule has 2 aromatic rings. The van der Waals surface area contributed by atoms with Crippen LogP contribution in [-0.4, -0.2) is 50.9 Å². The number of piperazine rings is 1. The third-order valence-electron chi connectivity index (χ3n) is 5.48. The summed E-state index contributed by atoms with van der Waals surface area (Å²) < 4.78 is 40.7. The molecule has 1 aliphatic heterocycles. The maximum absolute atomic E-state index is 14.0. The maximum Gasteiger partial charge on any atom is 0.282 e. The number of halogens is 1. The minimum Gasteiger partial charge on any atom is -0.323 e. The number of quaternary nitrogens is 1. The van der Waals surface area contributed by atoms with Crippen molar-refractivity contribution >= 4 is 21.6 Å². The number of sulfonamides is 1. The van der Waals surface area contributed by atoms with Gasteiger partial charge in [-0.3, -0.25) is 4.79 Å². The van der Waals surface area contributed by atoms with Crippen LogP contribution in [0.1, 0.15) is 18.1 Å². The average molecular weight is 421 g/mol. The number of anilines is 1. The molecule has 1 saturated heterocycles. The van der Waals surface area contributed by atoms with Crippen molar-refractivity contribution in [3.63, 3.8) is 0 Å². The molecule has 29 heavy (non-hydrogen) atoms. The van der Waals surface area contributed by atoms with Crippen molar-refractivity contribution in [3.05, 3.63) is 59.4 Å². The first-order chi connectivity index (χ1) is 13.7. The molecule has 0 aliphatic carbocycles. The minimum absolute atomic E-state index is 0.0980. The fraction of sp³-hybridized carbons (Fsp3) is 0.381. The Hall–Kier alpha value is -2.29. The van der Waals surface area contributed by atoms with Crippen molar-refractivity contribution in [2.75, 3.05) is 31.5 Å². The minimum atomic E-state index is -3.88. The van der Waals surface area contributed by atoms with Crippen LogP contribution in [0.4, 0.5) is 10.1 Å². The SMILES string of the molecule is Cc1ccc(C)c(NC(=O)[C@H](C)[NH+]2CCN(S(=O)(=O)c3ccccc3F)CC2)c1. The van der Waals surface area contributed by atoms with Crippen LogP contribution in [0.25, 0.3) is 0 Å². The molecule has 0 unspecified atom stereocenters. The molecule has 1 heterocycles. The third kappa shape index (κ3) is 4.66. The van der Waals surface area contributed by atoms with Gasteiger partial charge in [0.05, 0.1) is 26.2 Å². The van der Waals surface area contributed by atoms with Crippen LogP contribution in [0.5, 0.6) is 0 Å². The molecule has 0 saturated carbocycles. The van der Waals surface area contributed by atoms with Gasteiger partial charge in [-0.25, -0.2) is 12.8 Å². The van der Waals surface area contributed by atoms with Gasteiger partial charge < -0.3 is 10.2 Å². The Bertz CT molecular complexity index is 1000. The van der Waals surface area contributed by atoms with Crippen molar-refractivity contribution in [3.8, 4) is 0 Å². The number of carbonyl (C=O) groups excluding carboxylic acids is 1. The van der Waals surface area contributed by atoms with Crippen LogP contribution < -0.4 is 10.2 Å². The number of amides is 1. The van der Waals surface area contributed by atoms with E-state index >= 15 is 0 Å². The lowest BCUT2D eigenvalue weighted by Crippen LogP contribution is -3.19. The summed E-state index contributed by atoms with van der Waals surface area (Å²) in [7, 11) is -3.88. The van der Waals surface area contributed by atoms with Crippen molar-refractivity contribution in [1.82, 2.24) is 4.31 Å². The van der Waals surface area contributed by atoms with Crippen molar-refractivity contribution in [2.24, 2.45) is 0 Å². The number of nitrogens with one attached hydrogen (secondary N) is 2. The Kier molecular flexibility index (Phi) is 6.36. The van der Waals surface area contributed by atoms with E-state index in [0.29, 0.717) is 13.1 Å². The van der Waals surface area contributed by atoms with E-state index in [1.165, 1.54) is 22.5 Å². The molecule has 0 spiro atoms. The number of aryl methyl sites for hydroxylation is 2. The van der Waals surface area contributed by atoms with Gasteiger partial charge >= 0.3 is 0 Å². The normalized spacial score (nSPS) is 17.1. The highest BCUT2D eigenvalue weighted by atomic mass is 32.2. The molecule has 0 radical (unpaired) electrons. The Labute approximate surface area is 171 Å². The predicted octanol–water partition coefficient (Wildman–Crippen LogP) is 1.36. The molecule has 3 rings (SSSR count). The first-order valence-electron chi connectivity index (χ1n) is 9.67. The van der Waals surface area contributed by atoms with Gasteiger partial charge in [0.25, 0.3) is 5.91 Å². The first kappa shape index (κ1) is 21.4. The topological polar surface area (TPSA) is 70.9 Å². The summed E-state index contributed by atoms with van der Waals surface area (Å²) in [5.74, 6) is -0.845. The van der Waals surface area contributed by atoms with Gasteiger partial charge in [-0.2, -0.15) is 4.31 Å². The molecule has 0 aromatic heterocycles. The zero-order valence-electron chi connectivity index (χ0n) is 16.9. The molecule has 1 fully saturated rings. The van der Waals surface area contributed by atoms with Gasteiger partial charge in [0.15, 0.2) is 6.04 Å². The summed E-state index contributed by atoms with van der Waals surface area (Å²) in [5, 5.41) is 2.98. The zero-order valence-corrected chi connectivity index (χ0v) is 17.7. The molecule has 1 atom stereocenters. The Morgan fingerprint density at radius 3 is 2.45 bits per heavy atom. The highest BCUT2D eigenvalue weighted by Crippen LogP contribution is 2.19. The largest absolute Gasteiger partial charge is 0.323 e. The van der Waals surface area contributed by atoms with Gasteiger partial charge in [0, 0.05) is 5.69 Å². The van der Waals surface area contributed by atoms with Crippen molar-refractivity contribution < 1.29 is 22.5 Å². The van der Waals surface area contributed by atoms with E-state index in [9.17, 15) is 17.6 Å². The summed E-state index contributed by atoms with van der Waals surface area (Å²) in [6.07, 6.45) is 0. The van der Waals surface area contributed by atoms with E-state index < -0.39 is 15.8 Å². The smallest absolute Gasteiger partial charge is 0.282 e. The van der Waals surface area contributed by atoms with E-state index in [1.54, 1.807) is 0 Å². The van der Waals surface area contributed by atoms with Crippen LogP contribution in [0, 0.1) is 19.7 Å². The number of rotatable bonds is 5. The second-order valence-electron chi connectivity index (χ2n) is 7.52. The van der Waals surface area contributed by atoms with E-state index in [0.717, 1.165) is 27.8 Å². The maximum atomic E-state index is 14.0. The van der Waals surface area contributed by atoms with Gasteiger partial charge in [-0.1, -0.05) is 24.3 Å². The van der Waals surface area contributed by atoms with E-state index in [-0.39, 0.29) is 29.9 Å². The van der Waals surface area contributed by atoms with Gasteiger partial charge in [0.2, 0.25) is 10.0 Å². The molecule has 2 aromatic carbocycles. The average Bonchev–Trinajstić information content (AvgIpc) is 2.70. The number of hydrogen-bond donors (Lipinski definition) is 2. The second kappa shape index (κ2) is 8.61. The molecular weight excluding hydrogens is 393 g/mol. The molecular formula is C21H27FN3O3S+. The summed E-state index contributed by atoms with van der Waals surface area (Å²) >= 11 is 0. The number of hydrogen-bond acceptors (Lipinski definition) is 3. The van der Waals surface area contributed by atoms with Crippen LogP contribution in [0.15, 0.2) is 47.4 Å². The molecule has 1 amide bonds. The summed E-state index contributed by atoms with van der Waals surface area (Å²) in [6.45, 7) is 7.21. The Balaban J connectivity index is 1.63. The summed E-state index contributed by atoms with van der Waals surface area (Å²) in [5.41, 5.74) is 2.85. The first-order valence-corrected chi connectivity index (χ1v) is 11.1. The molecule has 6 nitrogen and oxygen atoms in total. The fourth-order valence-corrected chi connectivity index (χ4v) is 5.04. The lowest BCUT2D eigenvalue weighted by Gasteiger charge is -2.34. The molecule has 156 valence electrons. The van der Waals surface area contributed by atoms with Gasteiger partial charge in [-0.15, -0.1) is 0 Å². The lowest BCUT2D eigenvalue weighted by molar-refractivity contribution is -0.917. The Morgan fingerprint density at radius 2 is 1.79 bits per heavy atom. The second-order valence-corrected chi connectivity index (χ2v) is 9.43. The van der Waals surface area contributed by atoms with Crippen molar-refractivity contribution in [2.45, 2.75) is 31.7 Å². The zero-order chi connectivity index (χ0) is 21.2. The van der Waals surface area contributed by atoms with Crippen LogP contribution in [0.3, 0.4) is 0 Å². The quantitative estimate of drug-likeness (QED) is 0.767. The van der Waals surface area contributed by atoms with E-state index in [4.69, 9.17) is 0 Å². The highest BCUT2D eigenvalue weighted by Gasteiger charge is 2.35. The van der Waals surface area contributed by atoms with E-state index in [2.05, 4.69) is 5.32 Å². The lowest BCUT2D eigenvalue weighted by atomic mass is 10.1. The fourth-order valence-electron chi connectivity index (χ4n) is 3.54. The third-order valence-corrected chi connectivity index (χ3v) is 7.41. The van der Waals surface area contributed by atoms with Crippen molar-refractivity contribution in [1.29, 1.82) is 0 Å². The van der Waals surface area contributed by atoms with Gasteiger partial charge in [0.1, 0.15) is 10.7 Å².